The van der Waals surface area contributed by atoms with Crippen molar-refractivity contribution >= 4 is 23.8 Å². The van der Waals surface area contributed by atoms with Gasteiger partial charge in [0, 0.05) is 11.3 Å². The van der Waals surface area contributed by atoms with Gasteiger partial charge in [-0.25, -0.2) is 4.57 Å². The van der Waals surface area contributed by atoms with E-state index in [0.29, 0.717) is 38.5 Å². The van der Waals surface area contributed by atoms with Crippen LogP contribution in [-0.2, 0) is 13.6 Å². The predicted octanol–water partition coefficient (Wildman–Crippen LogP) is 8.38. The third-order valence-corrected chi connectivity index (χ3v) is 7.14. The monoisotopic (exact) mass is 589 g/mol. The van der Waals surface area contributed by atoms with Gasteiger partial charge in [0.15, 0.2) is 5.75 Å². The van der Waals surface area contributed by atoms with E-state index in [-0.39, 0.29) is 24.7 Å². The highest BCUT2D eigenvalue weighted by Gasteiger charge is 2.32. The van der Waals surface area contributed by atoms with Crippen molar-refractivity contribution in [3.05, 3.63) is 64.4 Å². The lowest BCUT2D eigenvalue weighted by molar-refractivity contribution is -0.274. The molecule has 0 N–H and O–H groups in total. The lowest BCUT2D eigenvalue weighted by atomic mass is 10.0. The van der Waals surface area contributed by atoms with E-state index in [4.69, 9.17) is 18.3 Å². The maximum absolute atomic E-state index is 13.1. The zero-order chi connectivity index (χ0) is 26.5. The first-order chi connectivity index (χ1) is 16.9. The Balaban J connectivity index is 1.89. The van der Waals surface area contributed by atoms with Gasteiger partial charge in [-0.1, -0.05) is 12.1 Å². The van der Waals surface area contributed by atoms with Gasteiger partial charge in [0.1, 0.15) is 17.2 Å². The molecular formula is C24H24BrF3NO6P. The van der Waals surface area contributed by atoms with E-state index in [1.807, 2.05) is 0 Å². The zero-order valence-electron chi connectivity index (χ0n) is 19.9. The minimum atomic E-state index is -4.77. The summed E-state index contributed by atoms with van der Waals surface area (Å²) in [5.41, 5.74) is 2.52. The molecule has 0 aliphatic rings. The van der Waals surface area contributed by atoms with Crippen LogP contribution in [-0.4, -0.2) is 24.6 Å². The van der Waals surface area contributed by atoms with Gasteiger partial charge in [0.2, 0.25) is 0 Å². The second-order valence-electron chi connectivity index (χ2n) is 7.32. The van der Waals surface area contributed by atoms with Gasteiger partial charge in [0.05, 0.1) is 23.4 Å². The number of pyridine rings is 1. The van der Waals surface area contributed by atoms with Crippen molar-refractivity contribution in [1.29, 1.82) is 0 Å². The fourth-order valence-electron chi connectivity index (χ4n) is 3.27. The smallest absolute Gasteiger partial charge is 0.457 e. The molecule has 7 nitrogen and oxygen atoms in total. The number of aryl methyl sites for hydroxylation is 2. The highest BCUT2D eigenvalue weighted by molar-refractivity contribution is 9.10. The normalized spacial score (nSPS) is 11.9. The molecule has 194 valence electrons. The Hall–Kier alpha value is -2.59. The van der Waals surface area contributed by atoms with Crippen molar-refractivity contribution in [3.63, 3.8) is 0 Å². The van der Waals surface area contributed by atoms with E-state index in [1.54, 1.807) is 52.0 Å². The number of phosphoric ester groups is 1. The van der Waals surface area contributed by atoms with Crippen LogP contribution in [0.4, 0.5) is 13.2 Å². The third kappa shape index (κ3) is 7.22. The largest absolute Gasteiger partial charge is 0.573 e. The van der Waals surface area contributed by atoms with E-state index in [2.05, 4.69) is 25.7 Å². The molecule has 0 atom stereocenters. The van der Waals surface area contributed by atoms with Crippen LogP contribution >= 0.6 is 23.8 Å². The number of rotatable bonds is 10. The van der Waals surface area contributed by atoms with Gasteiger partial charge in [-0.2, -0.15) is 0 Å². The number of halogens is 4. The molecule has 0 spiro atoms. The molecule has 0 unspecified atom stereocenters. The summed E-state index contributed by atoms with van der Waals surface area (Å²) in [6, 6.07) is 11.9. The molecule has 0 aliphatic carbocycles. The molecule has 1 aromatic heterocycles. The molecule has 3 aromatic rings. The van der Waals surface area contributed by atoms with Crippen LogP contribution < -0.4 is 14.0 Å². The fourth-order valence-corrected chi connectivity index (χ4v) is 4.99. The molecule has 1 heterocycles. The summed E-state index contributed by atoms with van der Waals surface area (Å²) in [5.74, 6) is 0.685. The predicted molar refractivity (Wildman–Crippen MR) is 132 cm³/mol. The summed E-state index contributed by atoms with van der Waals surface area (Å²) < 4.78 is 76.6. The minimum Gasteiger partial charge on any atom is -0.457 e. The molecule has 3 rings (SSSR count). The van der Waals surface area contributed by atoms with E-state index >= 15 is 0 Å². The SMILES string of the molecule is CCOP(=O)(OCC)Oc1c(Br)c(C)nc(C)c1-c1ccc(Oc2ccc(OC(F)(F)F)cc2)cc1. The number of nitrogens with zero attached hydrogens (tertiary/aromatic N) is 1. The average Bonchev–Trinajstić information content (AvgIpc) is 2.79. The number of aromatic nitrogens is 1. The maximum atomic E-state index is 13.1. The Morgan fingerprint density at radius 2 is 1.36 bits per heavy atom. The third-order valence-electron chi connectivity index (χ3n) is 4.65. The zero-order valence-corrected chi connectivity index (χ0v) is 22.4. The van der Waals surface area contributed by atoms with Crippen LogP contribution in [0.25, 0.3) is 11.1 Å². The molecule has 12 heteroatoms. The van der Waals surface area contributed by atoms with Gasteiger partial charge in [0.25, 0.3) is 0 Å². The first-order valence-corrected chi connectivity index (χ1v) is 13.1. The number of alkyl halides is 3. The number of ether oxygens (including phenoxy) is 2. The highest BCUT2D eigenvalue weighted by atomic mass is 79.9. The van der Waals surface area contributed by atoms with Crippen LogP contribution in [0.3, 0.4) is 0 Å². The molecule has 0 aliphatic heterocycles. The molecule has 0 saturated carbocycles. The number of benzene rings is 2. The second kappa shape index (κ2) is 11.6. The fraction of sp³-hybridized carbons (Fsp3) is 0.292. The van der Waals surface area contributed by atoms with Crippen LogP contribution in [0, 0.1) is 13.8 Å². The first kappa shape index (κ1) is 28.0. The van der Waals surface area contributed by atoms with E-state index < -0.39 is 14.2 Å². The van der Waals surface area contributed by atoms with Gasteiger partial charge < -0.3 is 14.0 Å². The molecule has 0 fully saturated rings. The lowest BCUT2D eigenvalue weighted by Crippen LogP contribution is -2.16. The molecule has 0 bridgehead atoms. The van der Waals surface area contributed by atoms with E-state index in [0.717, 1.165) is 12.1 Å². The number of hydrogen-bond acceptors (Lipinski definition) is 7. The number of phosphoric acid groups is 1. The minimum absolute atomic E-state index is 0.128. The topological polar surface area (TPSA) is 76.1 Å². The average molecular weight is 590 g/mol. The Kier molecular flexibility index (Phi) is 9.05. The van der Waals surface area contributed by atoms with Crippen LogP contribution in [0.15, 0.2) is 53.0 Å². The van der Waals surface area contributed by atoms with E-state index in [1.165, 1.54) is 12.1 Å². The summed E-state index contributed by atoms with van der Waals surface area (Å²) in [6.45, 7) is 7.20. The summed E-state index contributed by atoms with van der Waals surface area (Å²) in [6.07, 6.45) is -4.77. The van der Waals surface area contributed by atoms with Crippen molar-refractivity contribution in [2.24, 2.45) is 0 Å². The molecule has 36 heavy (non-hydrogen) atoms. The van der Waals surface area contributed by atoms with Crippen molar-refractivity contribution < 1.29 is 40.8 Å². The van der Waals surface area contributed by atoms with Crippen molar-refractivity contribution in [3.8, 4) is 34.1 Å². The molecule has 0 amide bonds. The summed E-state index contributed by atoms with van der Waals surface area (Å²) in [7, 11) is -3.89. The Morgan fingerprint density at radius 1 is 0.861 bits per heavy atom. The van der Waals surface area contributed by atoms with Gasteiger partial charge in [-0.15, -0.1) is 13.2 Å². The van der Waals surface area contributed by atoms with Crippen molar-refractivity contribution in [2.75, 3.05) is 13.2 Å². The number of hydrogen-bond donors (Lipinski definition) is 0. The molecule has 0 radical (unpaired) electrons. The van der Waals surface area contributed by atoms with Crippen LogP contribution in [0.1, 0.15) is 25.2 Å². The summed E-state index contributed by atoms with van der Waals surface area (Å²) in [4.78, 5) is 4.53. The van der Waals surface area contributed by atoms with Crippen LogP contribution in [0.2, 0.25) is 0 Å². The van der Waals surface area contributed by atoms with Gasteiger partial charge >= 0.3 is 14.2 Å². The van der Waals surface area contributed by atoms with Crippen molar-refractivity contribution in [2.45, 2.75) is 34.1 Å². The van der Waals surface area contributed by atoms with Gasteiger partial charge in [-0.3, -0.25) is 14.0 Å². The Labute approximate surface area is 215 Å². The van der Waals surface area contributed by atoms with E-state index in [9.17, 15) is 17.7 Å². The molecule has 2 aromatic carbocycles. The van der Waals surface area contributed by atoms with Crippen molar-refractivity contribution in [1.82, 2.24) is 4.98 Å². The highest BCUT2D eigenvalue weighted by Crippen LogP contribution is 2.54. The quantitative estimate of drug-likeness (QED) is 0.220. The molecular weight excluding hydrogens is 566 g/mol. The first-order valence-electron chi connectivity index (χ1n) is 10.8. The molecule has 0 saturated heterocycles. The maximum Gasteiger partial charge on any atom is 0.573 e. The second-order valence-corrected chi connectivity index (χ2v) is 9.71. The van der Waals surface area contributed by atoms with Crippen LogP contribution in [0.5, 0.6) is 23.0 Å². The van der Waals surface area contributed by atoms with Gasteiger partial charge in [-0.05, 0) is 85.6 Å². The Morgan fingerprint density at radius 3 is 1.86 bits per heavy atom. The standard InChI is InChI=1S/C24H24BrF3NO6P/c1-5-31-36(30,32-6-2)35-23-21(15(3)29-16(4)22(23)25)17-7-9-18(10-8-17)33-19-11-13-20(14-12-19)34-24(26,27)28/h7-14H,5-6H2,1-4H3. The lowest BCUT2D eigenvalue weighted by Gasteiger charge is -2.22. The summed E-state index contributed by atoms with van der Waals surface area (Å²) >= 11 is 3.47. The Bertz CT molecular complexity index is 1230. The summed E-state index contributed by atoms with van der Waals surface area (Å²) in [5, 5.41) is 0.